The first kappa shape index (κ1) is 20.0. The van der Waals surface area contributed by atoms with Crippen LogP contribution in [0.4, 0.5) is 10.5 Å². The van der Waals surface area contributed by atoms with Crippen LogP contribution in [0.25, 0.3) is 11.3 Å². The maximum Gasteiger partial charge on any atom is 0.409 e. The Bertz CT molecular complexity index is 919. The Morgan fingerprint density at radius 1 is 1.39 bits per heavy atom. The number of ether oxygens (including phenoxy) is 1. The Kier molecular flexibility index (Phi) is 5.25. The van der Waals surface area contributed by atoms with Gasteiger partial charge in [0.2, 0.25) is 0 Å². The fourth-order valence-electron chi connectivity index (χ4n) is 3.04. The Hall–Kier alpha value is -2.74. The lowest BCUT2D eigenvalue weighted by Gasteiger charge is -2.32. The smallest absolute Gasteiger partial charge is 0.409 e. The summed E-state index contributed by atoms with van der Waals surface area (Å²) in [5.41, 5.74) is 7.69. The van der Waals surface area contributed by atoms with Gasteiger partial charge in [0.15, 0.2) is 0 Å². The fraction of sp³-hybridized carbons (Fsp3) is 0.421. The molecule has 1 atom stereocenters. The van der Waals surface area contributed by atoms with Gasteiger partial charge in [0.05, 0.1) is 18.4 Å². The largest absolute Gasteiger partial charge is 0.444 e. The van der Waals surface area contributed by atoms with Gasteiger partial charge in [-0.3, -0.25) is 9.48 Å². The van der Waals surface area contributed by atoms with E-state index in [1.807, 2.05) is 6.92 Å². The summed E-state index contributed by atoms with van der Waals surface area (Å²) in [7, 11) is 0. The summed E-state index contributed by atoms with van der Waals surface area (Å²) >= 11 is 5.96. The lowest BCUT2D eigenvalue weighted by Crippen LogP contribution is -2.48. The molecule has 9 heteroatoms. The average molecular weight is 406 g/mol. The number of nitrogens with two attached hydrogens (primary N) is 1. The summed E-state index contributed by atoms with van der Waals surface area (Å²) in [6.07, 6.45) is -0.568. The monoisotopic (exact) mass is 405 g/mol. The zero-order valence-electron chi connectivity index (χ0n) is 16.3. The molecule has 0 saturated carbocycles. The molecule has 3 rings (SSSR count). The summed E-state index contributed by atoms with van der Waals surface area (Å²) in [4.78, 5) is 26.3. The molecule has 0 unspecified atom stereocenters. The second-order valence-corrected chi connectivity index (χ2v) is 8.24. The number of hydrogen-bond donors (Lipinski definition) is 2. The standard InChI is InChI=1S/C19H24ClN5O3/c1-11-9-24(10-22-18(27)28-19(2,3)4)17(26)16-8-15(23-25(11)16)13-6-5-12(20)7-14(13)21/h5-8,11H,9-10,21H2,1-4H3,(H,22,27)/t11-/m0/s1. The normalized spacial score (nSPS) is 16.7. The van der Waals surface area contributed by atoms with E-state index in [2.05, 4.69) is 10.4 Å². The van der Waals surface area contributed by atoms with Crippen molar-refractivity contribution < 1.29 is 14.3 Å². The zero-order chi connectivity index (χ0) is 20.6. The summed E-state index contributed by atoms with van der Waals surface area (Å²) in [6, 6.07) is 6.81. The number of carbonyl (C=O) groups excluding carboxylic acids is 2. The van der Waals surface area contributed by atoms with Gasteiger partial charge >= 0.3 is 6.09 Å². The minimum atomic E-state index is -0.602. The molecule has 2 aromatic rings. The van der Waals surface area contributed by atoms with Crippen LogP contribution < -0.4 is 11.1 Å². The van der Waals surface area contributed by atoms with Gasteiger partial charge < -0.3 is 20.7 Å². The number of halogens is 1. The van der Waals surface area contributed by atoms with Crippen LogP contribution in [0, 0.1) is 0 Å². The number of alkyl carbamates (subject to hydrolysis) is 1. The van der Waals surface area contributed by atoms with Crippen LogP contribution >= 0.6 is 11.6 Å². The number of nitrogen functional groups attached to an aromatic ring is 1. The van der Waals surface area contributed by atoms with E-state index in [0.717, 1.165) is 0 Å². The molecule has 0 radical (unpaired) electrons. The number of aromatic nitrogens is 2. The molecule has 8 nitrogen and oxygen atoms in total. The number of amides is 2. The highest BCUT2D eigenvalue weighted by Gasteiger charge is 2.31. The van der Waals surface area contributed by atoms with Crippen molar-refractivity contribution in [2.24, 2.45) is 0 Å². The molecule has 2 heterocycles. The van der Waals surface area contributed by atoms with Crippen molar-refractivity contribution in [1.82, 2.24) is 20.0 Å². The van der Waals surface area contributed by atoms with Crippen molar-refractivity contribution in [2.75, 3.05) is 18.9 Å². The third kappa shape index (κ3) is 4.22. The summed E-state index contributed by atoms with van der Waals surface area (Å²) < 4.78 is 6.91. The number of benzene rings is 1. The number of anilines is 1. The molecule has 1 aliphatic rings. The predicted octanol–water partition coefficient (Wildman–Crippen LogP) is 3.28. The maximum absolute atomic E-state index is 12.9. The van der Waals surface area contributed by atoms with E-state index in [4.69, 9.17) is 22.1 Å². The molecular weight excluding hydrogens is 382 g/mol. The third-order valence-corrected chi connectivity index (χ3v) is 4.48. The number of nitrogens with one attached hydrogen (secondary N) is 1. The van der Waals surface area contributed by atoms with Crippen LogP contribution in [0.2, 0.25) is 5.02 Å². The van der Waals surface area contributed by atoms with Crippen LogP contribution in [0.3, 0.4) is 0 Å². The van der Waals surface area contributed by atoms with Gasteiger partial charge in [-0.2, -0.15) is 5.10 Å². The van der Waals surface area contributed by atoms with Gasteiger partial charge in [0.25, 0.3) is 5.91 Å². The number of fused-ring (bicyclic) bond motifs is 1. The summed E-state index contributed by atoms with van der Waals surface area (Å²) in [5.74, 6) is -0.222. The lowest BCUT2D eigenvalue weighted by molar-refractivity contribution is 0.0455. The number of carbonyl (C=O) groups is 2. The third-order valence-electron chi connectivity index (χ3n) is 4.25. The van der Waals surface area contributed by atoms with Crippen molar-refractivity contribution in [3.63, 3.8) is 0 Å². The van der Waals surface area contributed by atoms with Crippen molar-refractivity contribution >= 4 is 29.3 Å². The molecule has 0 saturated heterocycles. The first-order chi connectivity index (χ1) is 13.0. The molecule has 0 bridgehead atoms. The molecule has 0 fully saturated rings. The second-order valence-electron chi connectivity index (χ2n) is 7.80. The first-order valence-corrected chi connectivity index (χ1v) is 9.34. The summed E-state index contributed by atoms with van der Waals surface area (Å²) in [5, 5.41) is 7.72. The molecule has 28 heavy (non-hydrogen) atoms. The SMILES string of the molecule is C[C@H]1CN(CNC(=O)OC(C)(C)C)C(=O)c2cc(-c3ccc(Cl)cc3N)nn21. The molecule has 1 aromatic carbocycles. The van der Waals surface area contributed by atoms with Crippen LogP contribution in [0.5, 0.6) is 0 Å². The molecular formula is C19H24ClN5O3. The Labute approximate surface area is 168 Å². The lowest BCUT2D eigenvalue weighted by atomic mass is 10.1. The molecule has 0 spiro atoms. The minimum absolute atomic E-state index is 0.0572. The predicted molar refractivity (Wildman–Crippen MR) is 107 cm³/mol. The molecule has 3 N–H and O–H groups in total. The highest BCUT2D eigenvalue weighted by atomic mass is 35.5. The summed E-state index contributed by atoms with van der Waals surface area (Å²) in [6.45, 7) is 7.77. The van der Waals surface area contributed by atoms with Gasteiger partial charge in [0, 0.05) is 22.8 Å². The highest BCUT2D eigenvalue weighted by Crippen LogP contribution is 2.30. The van der Waals surface area contributed by atoms with E-state index in [9.17, 15) is 9.59 Å². The Morgan fingerprint density at radius 3 is 2.75 bits per heavy atom. The zero-order valence-corrected chi connectivity index (χ0v) is 17.1. The highest BCUT2D eigenvalue weighted by molar-refractivity contribution is 6.31. The second kappa shape index (κ2) is 7.35. The van der Waals surface area contributed by atoms with E-state index < -0.39 is 11.7 Å². The number of rotatable bonds is 3. The minimum Gasteiger partial charge on any atom is -0.444 e. The van der Waals surface area contributed by atoms with Crippen molar-refractivity contribution in [3.8, 4) is 11.3 Å². The molecule has 1 aromatic heterocycles. The number of nitrogens with zero attached hydrogens (tertiary/aromatic N) is 3. The average Bonchev–Trinajstić information content (AvgIpc) is 3.01. The van der Waals surface area contributed by atoms with Crippen LogP contribution in [-0.4, -0.2) is 45.5 Å². The Balaban J connectivity index is 1.78. The maximum atomic E-state index is 12.9. The van der Waals surface area contributed by atoms with Gasteiger partial charge in [0.1, 0.15) is 11.3 Å². The van der Waals surface area contributed by atoms with Crippen LogP contribution in [-0.2, 0) is 4.74 Å². The molecule has 1 aliphatic heterocycles. The van der Waals surface area contributed by atoms with Crippen molar-refractivity contribution in [1.29, 1.82) is 0 Å². The van der Waals surface area contributed by atoms with Gasteiger partial charge in [-0.15, -0.1) is 0 Å². The molecule has 0 aliphatic carbocycles. The van der Waals surface area contributed by atoms with Gasteiger partial charge in [-0.25, -0.2) is 4.79 Å². The topological polar surface area (TPSA) is 102 Å². The molecule has 2 amide bonds. The fourth-order valence-corrected chi connectivity index (χ4v) is 3.22. The van der Waals surface area contributed by atoms with Crippen molar-refractivity contribution in [2.45, 2.75) is 39.3 Å². The quantitative estimate of drug-likeness (QED) is 0.763. The van der Waals surface area contributed by atoms with E-state index >= 15 is 0 Å². The van der Waals surface area contributed by atoms with Gasteiger partial charge in [-0.05, 0) is 52.0 Å². The first-order valence-electron chi connectivity index (χ1n) is 8.96. The van der Waals surface area contributed by atoms with E-state index in [-0.39, 0.29) is 18.6 Å². The Morgan fingerprint density at radius 2 is 2.11 bits per heavy atom. The van der Waals surface area contributed by atoms with E-state index in [1.165, 1.54) is 0 Å². The van der Waals surface area contributed by atoms with E-state index in [0.29, 0.717) is 34.2 Å². The molecule has 150 valence electrons. The number of hydrogen-bond acceptors (Lipinski definition) is 5. The van der Waals surface area contributed by atoms with Crippen molar-refractivity contribution in [3.05, 3.63) is 35.0 Å². The van der Waals surface area contributed by atoms with E-state index in [1.54, 1.807) is 54.6 Å². The van der Waals surface area contributed by atoms with Crippen LogP contribution in [0.1, 0.15) is 44.2 Å². The van der Waals surface area contributed by atoms with Crippen LogP contribution in [0.15, 0.2) is 24.3 Å². The van der Waals surface area contributed by atoms with Gasteiger partial charge in [-0.1, -0.05) is 11.6 Å².